The van der Waals surface area contributed by atoms with E-state index in [-0.39, 0.29) is 5.02 Å². The molecule has 0 radical (unpaired) electrons. The number of halogens is 2. The fourth-order valence-electron chi connectivity index (χ4n) is 2.91. The number of hydrogen-bond acceptors (Lipinski definition) is 3. The smallest absolute Gasteiger partial charge is 0.171 e. The van der Waals surface area contributed by atoms with Crippen LogP contribution >= 0.6 is 23.8 Å². The van der Waals surface area contributed by atoms with Crippen molar-refractivity contribution in [2.24, 2.45) is 0 Å². The molecule has 0 saturated carbocycles. The highest BCUT2D eigenvalue weighted by molar-refractivity contribution is 7.80. The molecule has 0 aromatic heterocycles. The van der Waals surface area contributed by atoms with Gasteiger partial charge in [-0.05, 0) is 68.0 Å². The van der Waals surface area contributed by atoms with E-state index >= 15 is 0 Å². The van der Waals surface area contributed by atoms with E-state index in [0.29, 0.717) is 23.4 Å². The van der Waals surface area contributed by atoms with Gasteiger partial charge in [-0.1, -0.05) is 23.7 Å². The van der Waals surface area contributed by atoms with Gasteiger partial charge in [0, 0.05) is 25.3 Å². The zero-order valence-electron chi connectivity index (χ0n) is 15.2. The molecule has 3 rings (SSSR count). The highest BCUT2D eigenvalue weighted by Gasteiger charge is 2.17. The molecule has 27 heavy (non-hydrogen) atoms. The Hall–Kier alpha value is -1.89. The largest absolute Gasteiger partial charge is 0.490 e. The number of rotatable bonds is 5. The van der Waals surface area contributed by atoms with Crippen molar-refractivity contribution in [3.63, 3.8) is 0 Å². The van der Waals surface area contributed by atoms with Gasteiger partial charge in [0.15, 0.2) is 5.11 Å². The van der Waals surface area contributed by atoms with Crippen LogP contribution in [0.4, 0.5) is 10.1 Å². The Morgan fingerprint density at radius 2 is 1.93 bits per heavy atom. The molecule has 4 nitrogen and oxygen atoms in total. The van der Waals surface area contributed by atoms with E-state index in [1.54, 1.807) is 6.07 Å². The second-order valence-electron chi connectivity index (χ2n) is 6.70. The van der Waals surface area contributed by atoms with Gasteiger partial charge in [-0.3, -0.25) is 0 Å². The van der Waals surface area contributed by atoms with E-state index in [4.69, 9.17) is 28.6 Å². The third-order valence-electron chi connectivity index (χ3n) is 4.52. The molecule has 2 aromatic carbocycles. The molecule has 1 heterocycles. The number of piperidine rings is 1. The first-order valence-corrected chi connectivity index (χ1v) is 9.72. The Kier molecular flexibility index (Phi) is 6.88. The maximum atomic E-state index is 13.2. The fourth-order valence-corrected chi connectivity index (χ4v) is 3.28. The van der Waals surface area contributed by atoms with Gasteiger partial charge in [-0.25, -0.2) is 4.39 Å². The van der Waals surface area contributed by atoms with E-state index < -0.39 is 5.82 Å². The molecule has 1 saturated heterocycles. The molecule has 0 unspecified atom stereocenters. The third kappa shape index (κ3) is 6.06. The van der Waals surface area contributed by atoms with Gasteiger partial charge < -0.3 is 20.3 Å². The number of thiocarbonyl (C=S) groups is 1. The number of nitrogens with one attached hydrogen (secondary N) is 2. The zero-order valence-corrected chi connectivity index (χ0v) is 16.7. The zero-order chi connectivity index (χ0) is 19.2. The number of hydrogen-bond donors (Lipinski definition) is 2. The number of likely N-dealkylation sites (tertiary alicyclic amines) is 1. The quantitative estimate of drug-likeness (QED) is 0.716. The van der Waals surface area contributed by atoms with Crippen LogP contribution in [0, 0.1) is 5.82 Å². The minimum absolute atomic E-state index is 0.0583. The number of ether oxygens (including phenoxy) is 1. The molecular formula is C20H23ClFN3OS. The molecule has 0 bridgehead atoms. The first-order chi connectivity index (χ1) is 13.0. The molecule has 1 fully saturated rings. The Bertz CT molecular complexity index is 779. The Morgan fingerprint density at radius 3 is 2.59 bits per heavy atom. The van der Waals surface area contributed by atoms with Crippen LogP contribution in [0.25, 0.3) is 0 Å². The number of benzene rings is 2. The molecule has 144 valence electrons. The predicted molar refractivity (Wildman–Crippen MR) is 112 cm³/mol. The van der Waals surface area contributed by atoms with E-state index in [9.17, 15) is 4.39 Å². The van der Waals surface area contributed by atoms with Crippen molar-refractivity contribution in [1.82, 2.24) is 10.2 Å². The standard InChI is InChI=1S/C20H23ClFN3OS/c1-25-10-8-17(9-11-25)26-16-5-2-14(3-6-16)13-23-20(27)24-15-4-7-19(22)18(21)12-15/h2-7,12,17H,8-11,13H2,1H3,(H2,23,24,27). The van der Waals surface area contributed by atoms with Crippen molar-refractivity contribution < 1.29 is 9.13 Å². The molecule has 1 aliphatic heterocycles. The monoisotopic (exact) mass is 407 g/mol. The SMILES string of the molecule is CN1CCC(Oc2ccc(CNC(=S)Nc3ccc(F)c(Cl)c3)cc2)CC1. The second-order valence-corrected chi connectivity index (χ2v) is 7.52. The molecule has 0 spiro atoms. The summed E-state index contributed by atoms with van der Waals surface area (Å²) in [4.78, 5) is 2.32. The van der Waals surface area contributed by atoms with Gasteiger partial charge in [-0.15, -0.1) is 0 Å². The van der Waals surface area contributed by atoms with Crippen LogP contribution in [0.5, 0.6) is 5.75 Å². The van der Waals surface area contributed by atoms with Crippen molar-refractivity contribution in [3.8, 4) is 5.75 Å². The van der Waals surface area contributed by atoms with Crippen LogP contribution in [-0.2, 0) is 6.54 Å². The van der Waals surface area contributed by atoms with Gasteiger partial charge >= 0.3 is 0 Å². The summed E-state index contributed by atoms with van der Waals surface area (Å²) in [6.45, 7) is 2.74. The van der Waals surface area contributed by atoms with Gasteiger partial charge in [0.05, 0.1) is 5.02 Å². The minimum atomic E-state index is -0.455. The van der Waals surface area contributed by atoms with Crippen LogP contribution in [0.2, 0.25) is 5.02 Å². The summed E-state index contributed by atoms with van der Waals surface area (Å²) in [6, 6.07) is 12.4. The lowest BCUT2D eigenvalue weighted by Crippen LogP contribution is -2.35. The number of nitrogens with zero attached hydrogens (tertiary/aromatic N) is 1. The summed E-state index contributed by atoms with van der Waals surface area (Å²) in [5.74, 6) is 0.443. The average Bonchev–Trinajstić information content (AvgIpc) is 2.66. The van der Waals surface area contributed by atoms with Crippen molar-refractivity contribution in [2.75, 3.05) is 25.5 Å². The van der Waals surface area contributed by atoms with Gasteiger partial charge in [-0.2, -0.15) is 0 Å². The first kappa shape index (κ1) is 19.9. The van der Waals surface area contributed by atoms with Crippen LogP contribution in [-0.4, -0.2) is 36.3 Å². The summed E-state index contributed by atoms with van der Waals surface area (Å²) >= 11 is 11.0. The van der Waals surface area contributed by atoms with Crippen molar-refractivity contribution in [2.45, 2.75) is 25.5 Å². The van der Waals surface area contributed by atoms with Crippen molar-refractivity contribution >= 4 is 34.6 Å². The van der Waals surface area contributed by atoms with Crippen molar-refractivity contribution in [1.29, 1.82) is 0 Å². The molecule has 1 aliphatic rings. The number of anilines is 1. The molecule has 2 N–H and O–H groups in total. The van der Waals surface area contributed by atoms with Gasteiger partial charge in [0.25, 0.3) is 0 Å². The van der Waals surface area contributed by atoms with Crippen LogP contribution in [0.3, 0.4) is 0 Å². The lowest BCUT2D eigenvalue weighted by atomic mass is 10.1. The molecule has 0 aliphatic carbocycles. The van der Waals surface area contributed by atoms with E-state index in [1.807, 2.05) is 24.3 Å². The van der Waals surface area contributed by atoms with Crippen LogP contribution in [0.1, 0.15) is 18.4 Å². The Labute approximate surface area is 169 Å². The highest BCUT2D eigenvalue weighted by atomic mass is 35.5. The normalized spacial score (nSPS) is 15.4. The van der Waals surface area contributed by atoms with Crippen LogP contribution < -0.4 is 15.4 Å². The molecule has 2 aromatic rings. The summed E-state index contributed by atoms with van der Waals surface area (Å²) in [6.07, 6.45) is 2.42. The summed E-state index contributed by atoms with van der Waals surface area (Å²) in [7, 11) is 2.14. The lowest BCUT2D eigenvalue weighted by molar-refractivity contribution is 0.114. The van der Waals surface area contributed by atoms with Crippen molar-refractivity contribution in [3.05, 3.63) is 58.9 Å². The minimum Gasteiger partial charge on any atom is -0.490 e. The second kappa shape index (κ2) is 9.35. The molecular weight excluding hydrogens is 385 g/mol. The van der Waals surface area contributed by atoms with Crippen LogP contribution in [0.15, 0.2) is 42.5 Å². The topological polar surface area (TPSA) is 36.5 Å². The van der Waals surface area contributed by atoms with E-state index in [0.717, 1.165) is 37.2 Å². The fraction of sp³-hybridized carbons (Fsp3) is 0.350. The predicted octanol–water partition coefficient (Wildman–Crippen LogP) is 4.44. The third-order valence-corrected chi connectivity index (χ3v) is 5.06. The maximum Gasteiger partial charge on any atom is 0.171 e. The van der Waals surface area contributed by atoms with Gasteiger partial charge in [0.2, 0.25) is 0 Å². The summed E-state index contributed by atoms with van der Waals surface area (Å²) < 4.78 is 19.2. The summed E-state index contributed by atoms with van der Waals surface area (Å²) in [5.41, 5.74) is 1.73. The first-order valence-electron chi connectivity index (χ1n) is 8.93. The average molecular weight is 408 g/mol. The van der Waals surface area contributed by atoms with E-state index in [1.165, 1.54) is 12.1 Å². The Morgan fingerprint density at radius 1 is 1.22 bits per heavy atom. The summed E-state index contributed by atoms with van der Waals surface area (Å²) in [5, 5.41) is 6.62. The highest BCUT2D eigenvalue weighted by Crippen LogP contribution is 2.20. The van der Waals surface area contributed by atoms with Gasteiger partial charge in [0.1, 0.15) is 17.7 Å². The molecule has 0 atom stereocenters. The maximum absolute atomic E-state index is 13.2. The molecule has 0 amide bonds. The Balaban J connectivity index is 1.45. The molecule has 7 heteroatoms. The van der Waals surface area contributed by atoms with E-state index in [2.05, 4.69) is 22.6 Å². The lowest BCUT2D eigenvalue weighted by Gasteiger charge is -2.29.